The largest absolute Gasteiger partial charge is 0.312 e. The van der Waals surface area contributed by atoms with Gasteiger partial charge >= 0.3 is 0 Å². The summed E-state index contributed by atoms with van der Waals surface area (Å²) in [7, 11) is 0. The Morgan fingerprint density at radius 3 is 2.80 bits per heavy atom. The molecule has 1 aromatic carbocycles. The van der Waals surface area contributed by atoms with Gasteiger partial charge in [-0.15, -0.1) is 12.4 Å². The summed E-state index contributed by atoms with van der Waals surface area (Å²) in [5.41, 5.74) is 2.38. The second-order valence-electron chi connectivity index (χ2n) is 5.16. The summed E-state index contributed by atoms with van der Waals surface area (Å²) in [5, 5.41) is 7.92. The number of benzene rings is 1. The summed E-state index contributed by atoms with van der Waals surface area (Å²) in [5.74, 6) is 0. The van der Waals surface area contributed by atoms with E-state index in [1.54, 1.807) is 0 Å². The first-order valence-electron chi connectivity index (χ1n) is 6.87. The molecule has 108 valence electrons. The number of nitrogens with zero attached hydrogens (tertiary/aromatic N) is 3. The molecule has 1 aliphatic heterocycles. The van der Waals surface area contributed by atoms with Gasteiger partial charge in [0.05, 0.1) is 11.4 Å². The van der Waals surface area contributed by atoms with Crippen molar-refractivity contribution in [3.05, 3.63) is 48.3 Å². The number of hydrogen-bond acceptors (Lipinski definition) is 3. The van der Waals surface area contributed by atoms with Crippen LogP contribution in [0.2, 0.25) is 0 Å². The fourth-order valence-electron chi connectivity index (χ4n) is 2.64. The second kappa shape index (κ2) is 6.88. The number of rotatable bonds is 3. The van der Waals surface area contributed by atoms with Gasteiger partial charge in [-0.3, -0.25) is 4.90 Å². The molecule has 0 bridgehead atoms. The molecule has 20 heavy (non-hydrogen) atoms. The van der Waals surface area contributed by atoms with Gasteiger partial charge in [-0.2, -0.15) is 5.10 Å². The third-order valence-electron chi connectivity index (χ3n) is 3.56. The van der Waals surface area contributed by atoms with Gasteiger partial charge < -0.3 is 5.32 Å². The number of para-hydroxylation sites is 1. The maximum absolute atomic E-state index is 4.45. The van der Waals surface area contributed by atoms with Crippen molar-refractivity contribution in [2.45, 2.75) is 19.5 Å². The summed E-state index contributed by atoms with van der Waals surface area (Å²) in [6, 6.07) is 13.0. The highest BCUT2D eigenvalue weighted by Crippen LogP contribution is 2.13. The lowest BCUT2D eigenvalue weighted by molar-refractivity contribution is 0.196. The zero-order chi connectivity index (χ0) is 13.1. The molecule has 0 radical (unpaired) electrons. The van der Waals surface area contributed by atoms with Crippen molar-refractivity contribution >= 4 is 12.4 Å². The fourth-order valence-corrected chi connectivity index (χ4v) is 2.64. The van der Waals surface area contributed by atoms with Crippen LogP contribution < -0.4 is 5.32 Å². The van der Waals surface area contributed by atoms with Crippen LogP contribution in [0.3, 0.4) is 0 Å². The molecule has 0 spiro atoms. The summed E-state index contributed by atoms with van der Waals surface area (Å²) < 4.78 is 2.03. The first kappa shape index (κ1) is 15.0. The molecule has 1 fully saturated rings. The lowest BCUT2D eigenvalue weighted by atomic mass is 10.2. The number of aromatic nitrogens is 2. The predicted octanol–water partition coefficient (Wildman–Crippen LogP) is 2.09. The molecule has 1 unspecified atom stereocenters. The van der Waals surface area contributed by atoms with E-state index in [0.29, 0.717) is 6.04 Å². The minimum atomic E-state index is 0. The van der Waals surface area contributed by atoms with Gasteiger partial charge in [0.25, 0.3) is 0 Å². The van der Waals surface area contributed by atoms with E-state index in [9.17, 15) is 0 Å². The van der Waals surface area contributed by atoms with E-state index in [1.807, 2.05) is 29.1 Å². The Bertz CT molecular complexity index is 526. The van der Waals surface area contributed by atoms with Crippen molar-refractivity contribution in [3.8, 4) is 5.69 Å². The fraction of sp³-hybridized carbons (Fsp3) is 0.400. The van der Waals surface area contributed by atoms with Crippen molar-refractivity contribution in [2.24, 2.45) is 0 Å². The molecule has 0 saturated carbocycles. The van der Waals surface area contributed by atoms with Gasteiger partial charge in [0, 0.05) is 38.4 Å². The minimum absolute atomic E-state index is 0. The highest BCUT2D eigenvalue weighted by atomic mass is 35.5. The molecule has 1 aromatic heterocycles. The molecule has 2 heterocycles. The van der Waals surface area contributed by atoms with E-state index >= 15 is 0 Å². The van der Waals surface area contributed by atoms with Crippen LogP contribution >= 0.6 is 12.4 Å². The molecule has 1 atom stereocenters. The number of hydrogen-bond donors (Lipinski definition) is 1. The Morgan fingerprint density at radius 2 is 2.05 bits per heavy atom. The molecule has 2 aromatic rings. The second-order valence-corrected chi connectivity index (χ2v) is 5.16. The third-order valence-corrected chi connectivity index (χ3v) is 3.56. The SMILES string of the molecule is CC1CN(Cc2ccnn2-c2ccccc2)CCN1.Cl. The van der Waals surface area contributed by atoms with Crippen LogP contribution in [0.4, 0.5) is 0 Å². The van der Waals surface area contributed by atoms with Gasteiger partial charge in [-0.1, -0.05) is 18.2 Å². The van der Waals surface area contributed by atoms with Gasteiger partial charge in [0.15, 0.2) is 0 Å². The molecular weight excluding hydrogens is 272 g/mol. The third kappa shape index (κ3) is 3.39. The monoisotopic (exact) mass is 292 g/mol. The Kier molecular flexibility index (Phi) is 5.17. The van der Waals surface area contributed by atoms with Crippen molar-refractivity contribution in [3.63, 3.8) is 0 Å². The molecule has 1 aliphatic rings. The van der Waals surface area contributed by atoms with Crippen molar-refractivity contribution < 1.29 is 0 Å². The summed E-state index contributed by atoms with van der Waals surface area (Å²) >= 11 is 0. The minimum Gasteiger partial charge on any atom is -0.312 e. The van der Waals surface area contributed by atoms with Crippen molar-refractivity contribution in [1.82, 2.24) is 20.0 Å². The highest BCUT2D eigenvalue weighted by Gasteiger charge is 2.17. The van der Waals surface area contributed by atoms with E-state index < -0.39 is 0 Å². The normalized spacial score (nSPS) is 19.6. The summed E-state index contributed by atoms with van der Waals surface area (Å²) in [6.07, 6.45) is 1.88. The van der Waals surface area contributed by atoms with Crippen LogP contribution in [0, 0.1) is 0 Å². The smallest absolute Gasteiger partial charge is 0.0649 e. The van der Waals surface area contributed by atoms with Gasteiger partial charge in [-0.05, 0) is 25.1 Å². The van der Waals surface area contributed by atoms with Crippen LogP contribution in [0.1, 0.15) is 12.6 Å². The van der Waals surface area contributed by atoms with Crippen LogP contribution in [0.5, 0.6) is 0 Å². The van der Waals surface area contributed by atoms with E-state index in [-0.39, 0.29) is 12.4 Å². The van der Waals surface area contributed by atoms with E-state index in [1.165, 1.54) is 5.69 Å². The molecule has 4 nitrogen and oxygen atoms in total. The van der Waals surface area contributed by atoms with Gasteiger partial charge in [0.2, 0.25) is 0 Å². The quantitative estimate of drug-likeness (QED) is 0.940. The zero-order valence-corrected chi connectivity index (χ0v) is 12.5. The van der Waals surface area contributed by atoms with Gasteiger partial charge in [-0.25, -0.2) is 4.68 Å². The Morgan fingerprint density at radius 1 is 1.25 bits per heavy atom. The maximum atomic E-state index is 4.45. The van der Waals surface area contributed by atoms with Crippen molar-refractivity contribution in [1.29, 1.82) is 0 Å². The highest BCUT2D eigenvalue weighted by molar-refractivity contribution is 5.85. The number of nitrogens with one attached hydrogen (secondary N) is 1. The first-order chi connectivity index (χ1) is 9.33. The van der Waals surface area contributed by atoms with E-state index in [0.717, 1.165) is 31.9 Å². The number of piperazine rings is 1. The summed E-state index contributed by atoms with van der Waals surface area (Å²) in [6.45, 7) is 6.46. The Balaban J connectivity index is 0.00000147. The Hall–Kier alpha value is -1.36. The zero-order valence-electron chi connectivity index (χ0n) is 11.7. The molecule has 3 rings (SSSR count). The average Bonchev–Trinajstić information content (AvgIpc) is 2.88. The van der Waals surface area contributed by atoms with Crippen LogP contribution in [0.25, 0.3) is 5.69 Å². The lowest BCUT2D eigenvalue weighted by Crippen LogP contribution is -2.48. The lowest BCUT2D eigenvalue weighted by Gasteiger charge is -2.31. The molecule has 1 saturated heterocycles. The first-order valence-corrected chi connectivity index (χ1v) is 6.87. The van der Waals surface area contributed by atoms with Crippen LogP contribution in [-0.4, -0.2) is 40.4 Å². The molecule has 1 N–H and O–H groups in total. The van der Waals surface area contributed by atoms with Crippen LogP contribution in [-0.2, 0) is 6.54 Å². The average molecular weight is 293 g/mol. The summed E-state index contributed by atoms with van der Waals surface area (Å²) in [4.78, 5) is 2.48. The Labute approximate surface area is 126 Å². The molecule has 5 heteroatoms. The van der Waals surface area contributed by atoms with Crippen LogP contribution in [0.15, 0.2) is 42.6 Å². The molecule has 0 aliphatic carbocycles. The van der Waals surface area contributed by atoms with Gasteiger partial charge in [0.1, 0.15) is 0 Å². The topological polar surface area (TPSA) is 33.1 Å². The predicted molar refractivity (Wildman–Crippen MR) is 83.6 cm³/mol. The molecular formula is C15H21ClN4. The maximum Gasteiger partial charge on any atom is 0.0649 e. The molecule has 0 amide bonds. The van der Waals surface area contributed by atoms with Crippen molar-refractivity contribution in [2.75, 3.05) is 19.6 Å². The number of halogens is 1. The standard InChI is InChI=1S/C15H20N4.ClH/c1-13-11-18(10-9-16-13)12-15-7-8-17-19(15)14-5-3-2-4-6-14;/h2-8,13,16H,9-12H2,1H3;1H. The van der Waals surface area contributed by atoms with E-state index in [2.05, 4.69) is 40.4 Å². The van der Waals surface area contributed by atoms with E-state index in [4.69, 9.17) is 0 Å².